The van der Waals surface area contributed by atoms with Gasteiger partial charge in [-0.2, -0.15) is 0 Å². The molecule has 9 nitrogen and oxygen atoms in total. The van der Waals surface area contributed by atoms with Gasteiger partial charge in [0.1, 0.15) is 5.82 Å². The summed E-state index contributed by atoms with van der Waals surface area (Å²) >= 11 is 0. The van der Waals surface area contributed by atoms with Crippen LogP contribution < -0.4 is 0 Å². The topological polar surface area (TPSA) is 104 Å². The van der Waals surface area contributed by atoms with E-state index in [9.17, 15) is 0 Å². The standard InChI is InChI=1S/C25H27N7O2/c1-5-7-12-22-26-24(25(6-2,33-3)34-4)29-32(22)17-18-13-15-19(16-14-18)20-10-8-9-11-21(20)23-27-30-31-28-23/h8-11,13-16H,6,12,17H2,1-4H3,(H,27,28,30,31). The predicted molar refractivity (Wildman–Crippen MR) is 127 cm³/mol. The Kier molecular flexibility index (Phi) is 7.11. The molecule has 0 unspecified atom stereocenters. The first-order chi connectivity index (χ1) is 16.6. The van der Waals surface area contributed by atoms with Crippen LogP contribution in [0.2, 0.25) is 0 Å². The lowest BCUT2D eigenvalue weighted by Crippen LogP contribution is -2.31. The molecule has 9 heteroatoms. The van der Waals surface area contributed by atoms with Crippen molar-refractivity contribution in [3.05, 3.63) is 65.7 Å². The molecule has 0 saturated carbocycles. The predicted octanol–water partition coefficient (Wildman–Crippen LogP) is 3.59. The van der Waals surface area contributed by atoms with E-state index in [-0.39, 0.29) is 0 Å². The molecular weight excluding hydrogens is 430 g/mol. The molecule has 0 amide bonds. The largest absolute Gasteiger partial charge is 0.347 e. The van der Waals surface area contributed by atoms with Gasteiger partial charge >= 0.3 is 0 Å². The van der Waals surface area contributed by atoms with Crippen LogP contribution in [0, 0.1) is 11.8 Å². The number of nitrogens with zero attached hydrogens (tertiary/aromatic N) is 6. The molecule has 2 aromatic carbocycles. The van der Waals surface area contributed by atoms with Crippen molar-refractivity contribution >= 4 is 0 Å². The highest BCUT2D eigenvalue weighted by atomic mass is 16.7. The molecule has 0 aliphatic carbocycles. The van der Waals surface area contributed by atoms with E-state index in [1.54, 1.807) is 14.2 Å². The second-order valence-electron chi connectivity index (χ2n) is 7.62. The van der Waals surface area contributed by atoms with Gasteiger partial charge in [0.25, 0.3) is 0 Å². The van der Waals surface area contributed by atoms with Gasteiger partial charge in [-0.15, -0.1) is 16.1 Å². The van der Waals surface area contributed by atoms with E-state index in [0.717, 1.165) is 28.1 Å². The number of nitrogens with one attached hydrogen (secondary N) is 1. The van der Waals surface area contributed by atoms with Crippen molar-refractivity contribution in [1.29, 1.82) is 0 Å². The number of hydrogen-bond acceptors (Lipinski definition) is 7. The number of benzene rings is 2. The summed E-state index contributed by atoms with van der Waals surface area (Å²) in [6.07, 6.45) is 1.07. The highest BCUT2D eigenvalue weighted by molar-refractivity contribution is 5.80. The minimum atomic E-state index is -0.983. The maximum atomic E-state index is 5.64. The average molecular weight is 458 g/mol. The van der Waals surface area contributed by atoms with E-state index in [4.69, 9.17) is 19.6 Å². The first-order valence-corrected chi connectivity index (χ1v) is 11.0. The molecule has 2 heterocycles. The van der Waals surface area contributed by atoms with Crippen molar-refractivity contribution in [2.75, 3.05) is 14.2 Å². The fourth-order valence-electron chi connectivity index (χ4n) is 3.85. The summed E-state index contributed by atoms with van der Waals surface area (Å²) < 4.78 is 13.1. The number of methoxy groups -OCH3 is 2. The second-order valence-corrected chi connectivity index (χ2v) is 7.62. The zero-order valence-corrected chi connectivity index (χ0v) is 19.7. The Labute approximate surface area is 198 Å². The van der Waals surface area contributed by atoms with Crippen molar-refractivity contribution in [1.82, 2.24) is 35.4 Å². The van der Waals surface area contributed by atoms with Crippen molar-refractivity contribution in [3.8, 4) is 34.4 Å². The van der Waals surface area contributed by atoms with Crippen molar-refractivity contribution in [2.24, 2.45) is 0 Å². The molecule has 4 rings (SSSR count). The Balaban J connectivity index is 1.64. The van der Waals surface area contributed by atoms with E-state index in [1.807, 2.05) is 36.7 Å². The first-order valence-electron chi connectivity index (χ1n) is 11.0. The molecule has 0 bridgehead atoms. The number of H-pyrrole nitrogens is 1. The van der Waals surface area contributed by atoms with Gasteiger partial charge in [-0.3, -0.25) is 0 Å². The van der Waals surface area contributed by atoms with Crippen LogP contribution in [0.4, 0.5) is 0 Å². The number of rotatable bonds is 9. The Morgan fingerprint density at radius 1 is 1.03 bits per heavy atom. The quantitative estimate of drug-likeness (QED) is 0.303. The van der Waals surface area contributed by atoms with E-state index in [2.05, 4.69) is 62.8 Å². The van der Waals surface area contributed by atoms with Crippen LogP contribution in [0.3, 0.4) is 0 Å². The zero-order chi connectivity index (χ0) is 24.0. The molecule has 0 saturated heterocycles. The number of aromatic nitrogens is 7. The number of hydrogen-bond donors (Lipinski definition) is 1. The fraction of sp³-hybridized carbons (Fsp3) is 0.320. The van der Waals surface area contributed by atoms with Gasteiger partial charge in [-0.25, -0.2) is 14.8 Å². The number of tetrazole rings is 1. The van der Waals surface area contributed by atoms with Crippen LogP contribution in [-0.2, 0) is 28.2 Å². The highest BCUT2D eigenvalue weighted by Crippen LogP contribution is 2.30. The Hall–Kier alpha value is -3.87. The van der Waals surface area contributed by atoms with Crippen molar-refractivity contribution in [3.63, 3.8) is 0 Å². The second kappa shape index (κ2) is 10.4. The summed E-state index contributed by atoms with van der Waals surface area (Å²) in [6.45, 7) is 4.34. The van der Waals surface area contributed by atoms with Crippen LogP contribution >= 0.6 is 0 Å². The smallest absolute Gasteiger partial charge is 0.231 e. The van der Waals surface area contributed by atoms with Crippen LogP contribution in [0.5, 0.6) is 0 Å². The van der Waals surface area contributed by atoms with Crippen LogP contribution in [-0.4, -0.2) is 49.6 Å². The maximum absolute atomic E-state index is 5.64. The minimum Gasteiger partial charge on any atom is -0.347 e. The van der Waals surface area contributed by atoms with Gasteiger partial charge < -0.3 is 9.47 Å². The van der Waals surface area contributed by atoms with Gasteiger partial charge in [0.05, 0.1) is 13.0 Å². The Morgan fingerprint density at radius 3 is 2.38 bits per heavy atom. The molecule has 0 aliphatic heterocycles. The summed E-state index contributed by atoms with van der Waals surface area (Å²) in [5.41, 5.74) is 4.14. The summed E-state index contributed by atoms with van der Waals surface area (Å²) in [6, 6.07) is 16.4. The molecule has 0 fully saturated rings. The molecule has 0 aliphatic rings. The zero-order valence-electron chi connectivity index (χ0n) is 19.7. The molecule has 0 radical (unpaired) electrons. The molecule has 34 heavy (non-hydrogen) atoms. The van der Waals surface area contributed by atoms with E-state index in [0.29, 0.717) is 31.0 Å². The van der Waals surface area contributed by atoms with Crippen molar-refractivity contribution < 1.29 is 9.47 Å². The van der Waals surface area contributed by atoms with Crippen LogP contribution in [0.1, 0.15) is 37.5 Å². The van der Waals surface area contributed by atoms with Crippen LogP contribution in [0.15, 0.2) is 48.5 Å². The summed E-state index contributed by atoms with van der Waals surface area (Å²) in [7, 11) is 3.20. The van der Waals surface area contributed by atoms with Gasteiger partial charge in [0.15, 0.2) is 5.82 Å². The van der Waals surface area contributed by atoms with Gasteiger partial charge in [0.2, 0.25) is 11.6 Å². The van der Waals surface area contributed by atoms with Gasteiger partial charge in [-0.1, -0.05) is 61.4 Å². The lowest BCUT2D eigenvalue weighted by atomic mass is 9.98. The SMILES string of the molecule is CC#CCc1nc(C(CC)(OC)OC)nn1Cc1ccc(-c2ccccc2-c2nnn[nH]2)cc1. The maximum Gasteiger partial charge on any atom is 0.231 e. The summed E-state index contributed by atoms with van der Waals surface area (Å²) in [5, 5.41) is 19.0. The molecule has 0 atom stereocenters. The van der Waals surface area contributed by atoms with E-state index < -0.39 is 5.79 Å². The normalized spacial score (nSPS) is 11.3. The molecule has 1 N–H and O–H groups in total. The summed E-state index contributed by atoms with van der Waals surface area (Å²) in [5.74, 6) is 6.93. The van der Waals surface area contributed by atoms with Crippen LogP contribution in [0.25, 0.3) is 22.5 Å². The number of ether oxygens (including phenoxy) is 2. The van der Waals surface area contributed by atoms with Gasteiger partial charge in [-0.05, 0) is 34.0 Å². The third kappa shape index (κ3) is 4.59. The molecule has 4 aromatic rings. The lowest BCUT2D eigenvalue weighted by molar-refractivity contribution is -0.222. The van der Waals surface area contributed by atoms with Gasteiger partial charge in [0, 0.05) is 26.2 Å². The molecule has 0 spiro atoms. The average Bonchev–Trinajstić information content (AvgIpc) is 3.56. The lowest BCUT2D eigenvalue weighted by Gasteiger charge is -2.26. The molecule has 2 aromatic heterocycles. The number of aromatic amines is 1. The summed E-state index contributed by atoms with van der Waals surface area (Å²) in [4.78, 5) is 4.71. The van der Waals surface area contributed by atoms with E-state index in [1.165, 1.54) is 0 Å². The minimum absolute atomic E-state index is 0.493. The monoisotopic (exact) mass is 457 g/mol. The first kappa shape index (κ1) is 23.3. The Morgan fingerprint density at radius 2 is 1.76 bits per heavy atom. The fourth-order valence-corrected chi connectivity index (χ4v) is 3.85. The molecule has 174 valence electrons. The third-order valence-corrected chi connectivity index (χ3v) is 5.76. The molecular formula is C25H27N7O2. The Bertz CT molecular complexity index is 1270. The van der Waals surface area contributed by atoms with E-state index >= 15 is 0 Å². The third-order valence-electron chi connectivity index (χ3n) is 5.76. The highest BCUT2D eigenvalue weighted by Gasteiger charge is 2.35. The van der Waals surface area contributed by atoms with Crippen molar-refractivity contribution in [2.45, 2.75) is 39.0 Å².